The lowest BCUT2D eigenvalue weighted by atomic mass is 10.4. The van der Waals surface area contributed by atoms with Crippen LogP contribution in [0, 0.1) is 0 Å². The molecular formula is C9H11BrN2O. The van der Waals surface area contributed by atoms with E-state index < -0.39 is 0 Å². The minimum absolute atomic E-state index is 0.00120. The van der Waals surface area contributed by atoms with Crippen LogP contribution in [0.5, 0.6) is 0 Å². The summed E-state index contributed by atoms with van der Waals surface area (Å²) in [5.74, 6) is 0.664. The fourth-order valence-electron chi connectivity index (χ4n) is 0.932. The fourth-order valence-corrected chi connectivity index (χ4v) is 1.24. The molecule has 0 N–H and O–H groups in total. The maximum absolute atomic E-state index is 11.5. The highest BCUT2D eigenvalue weighted by Gasteiger charge is 2.15. The maximum atomic E-state index is 11.5. The molecule has 0 fully saturated rings. The molecule has 0 aliphatic heterocycles. The third-order valence-electron chi connectivity index (χ3n) is 1.66. The van der Waals surface area contributed by atoms with Gasteiger partial charge in [-0.2, -0.15) is 0 Å². The van der Waals surface area contributed by atoms with Crippen LogP contribution in [-0.2, 0) is 4.79 Å². The number of aromatic nitrogens is 1. The molecule has 70 valence electrons. The first kappa shape index (κ1) is 10.2. The number of hydrogen-bond acceptors (Lipinski definition) is 2. The molecule has 0 radical (unpaired) electrons. The summed E-state index contributed by atoms with van der Waals surface area (Å²) in [6, 6.07) is 5.47. The number of rotatable bonds is 2. The van der Waals surface area contributed by atoms with Crippen LogP contribution in [0.2, 0.25) is 0 Å². The van der Waals surface area contributed by atoms with Crippen LogP contribution < -0.4 is 4.90 Å². The lowest BCUT2D eigenvalue weighted by molar-refractivity contribution is -0.117. The minimum Gasteiger partial charge on any atom is -0.299 e. The lowest BCUT2D eigenvalue weighted by Crippen LogP contribution is -2.32. The molecule has 1 atom stereocenters. The molecule has 1 unspecified atom stereocenters. The Kier molecular flexibility index (Phi) is 3.42. The molecule has 0 aromatic carbocycles. The number of pyridine rings is 1. The summed E-state index contributed by atoms with van der Waals surface area (Å²) in [5, 5.41) is 0. The van der Waals surface area contributed by atoms with Crippen LogP contribution in [0.25, 0.3) is 0 Å². The predicted molar refractivity (Wildman–Crippen MR) is 56.0 cm³/mol. The summed E-state index contributed by atoms with van der Waals surface area (Å²) in [7, 11) is 1.71. The standard InChI is InChI=1S/C9H11BrN2O/c1-7(10)9(13)12(2)8-5-3-4-6-11-8/h3-7H,1-2H3. The Morgan fingerprint density at radius 1 is 1.62 bits per heavy atom. The van der Waals surface area contributed by atoms with Gasteiger partial charge in [-0.15, -0.1) is 0 Å². The van der Waals surface area contributed by atoms with Crippen molar-refractivity contribution in [1.29, 1.82) is 0 Å². The largest absolute Gasteiger partial charge is 0.299 e. The van der Waals surface area contributed by atoms with Gasteiger partial charge in [-0.3, -0.25) is 9.69 Å². The Hall–Kier alpha value is -0.900. The van der Waals surface area contributed by atoms with Crippen LogP contribution in [0.3, 0.4) is 0 Å². The molecule has 13 heavy (non-hydrogen) atoms. The Balaban J connectivity index is 2.80. The molecule has 0 bridgehead atoms. The number of hydrogen-bond donors (Lipinski definition) is 0. The van der Waals surface area contributed by atoms with E-state index in [4.69, 9.17) is 0 Å². The molecular weight excluding hydrogens is 232 g/mol. The summed E-state index contributed by atoms with van der Waals surface area (Å²) in [6.07, 6.45) is 1.66. The van der Waals surface area contributed by atoms with E-state index in [1.807, 2.05) is 12.1 Å². The summed E-state index contributed by atoms with van der Waals surface area (Å²) in [6.45, 7) is 1.79. The van der Waals surface area contributed by atoms with E-state index in [-0.39, 0.29) is 10.7 Å². The smallest absolute Gasteiger partial charge is 0.241 e. The summed E-state index contributed by atoms with van der Waals surface area (Å²) >= 11 is 3.22. The Morgan fingerprint density at radius 3 is 2.77 bits per heavy atom. The molecule has 0 saturated heterocycles. The molecule has 0 saturated carbocycles. The third kappa shape index (κ3) is 2.52. The van der Waals surface area contributed by atoms with Crippen molar-refractivity contribution in [1.82, 2.24) is 4.98 Å². The third-order valence-corrected chi connectivity index (χ3v) is 2.06. The van der Waals surface area contributed by atoms with Gasteiger partial charge in [-0.1, -0.05) is 22.0 Å². The molecule has 4 heteroatoms. The van der Waals surface area contributed by atoms with Gasteiger partial charge in [0, 0.05) is 13.2 Å². The van der Waals surface area contributed by atoms with Gasteiger partial charge in [0.1, 0.15) is 5.82 Å². The van der Waals surface area contributed by atoms with E-state index in [9.17, 15) is 4.79 Å². The Morgan fingerprint density at radius 2 is 2.31 bits per heavy atom. The van der Waals surface area contributed by atoms with E-state index in [0.29, 0.717) is 5.82 Å². The molecule has 1 aromatic rings. The molecule has 1 heterocycles. The first-order valence-corrected chi connectivity index (χ1v) is 4.87. The number of carbonyl (C=O) groups is 1. The van der Waals surface area contributed by atoms with E-state index in [2.05, 4.69) is 20.9 Å². The van der Waals surface area contributed by atoms with Crippen molar-refractivity contribution in [3.63, 3.8) is 0 Å². The molecule has 1 aromatic heterocycles. The second-order valence-electron chi connectivity index (χ2n) is 2.70. The average molecular weight is 243 g/mol. The summed E-state index contributed by atoms with van der Waals surface area (Å²) < 4.78 is 0. The monoisotopic (exact) mass is 242 g/mol. The summed E-state index contributed by atoms with van der Waals surface area (Å²) in [5.41, 5.74) is 0. The lowest BCUT2D eigenvalue weighted by Gasteiger charge is -2.16. The number of alkyl halides is 1. The zero-order chi connectivity index (χ0) is 9.84. The molecule has 0 aliphatic rings. The first-order chi connectivity index (χ1) is 6.13. The average Bonchev–Trinajstić information content (AvgIpc) is 2.17. The van der Waals surface area contributed by atoms with Crippen molar-refractivity contribution in [3.05, 3.63) is 24.4 Å². The SMILES string of the molecule is CC(Br)C(=O)N(C)c1ccccn1. The Labute approximate surface area is 85.9 Å². The predicted octanol–water partition coefficient (Wildman–Crippen LogP) is 1.83. The maximum Gasteiger partial charge on any atom is 0.241 e. The zero-order valence-corrected chi connectivity index (χ0v) is 9.15. The number of carbonyl (C=O) groups excluding carboxylic acids is 1. The summed E-state index contributed by atoms with van der Waals surface area (Å²) in [4.78, 5) is 16.9. The molecule has 1 amide bonds. The van der Waals surface area contributed by atoms with Gasteiger partial charge in [-0.25, -0.2) is 4.98 Å². The van der Waals surface area contributed by atoms with Gasteiger partial charge < -0.3 is 0 Å². The van der Waals surface area contributed by atoms with Crippen LogP contribution in [0.4, 0.5) is 5.82 Å². The number of nitrogens with zero attached hydrogens (tertiary/aromatic N) is 2. The number of amides is 1. The van der Waals surface area contributed by atoms with Gasteiger partial charge in [0.25, 0.3) is 0 Å². The van der Waals surface area contributed by atoms with Crippen LogP contribution in [0.1, 0.15) is 6.92 Å². The second kappa shape index (κ2) is 4.37. The minimum atomic E-state index is -0.181. The fraction of sp³-hybridized carbons (Fsp3) is 0.333. The van der Waals surface area contributed by atoms with Crippen LogP contribution in [0.15, 0.2) is 24.4 Å². The van der Waals surface area contributed by atoms with Crippen molar-refractivity contribution < 1.29 is 4.79 Å². The topological polar surface area (TPSA) is 33.2 Å². The van der Waals surface area contributed by atoms with E-state index in [0.717, 1.165) is 0 Å². The van der Waals surface area contributed by atoms with Gasteiger partial charge in [0.15, 0.2) is 0 Å². The number of anilines is 1. The van der Waals surface area contributed by atoms with E-state index in [1.165, 1.54) is 4.90 Å². The quantitative estimate of drug-likeness (QED) is 0.742. The molecule has 0 aliphatic carbocycles. The van der Waals surface area contributed by atoms with Crippen molar-refractivity contribution in [2.24, 2.45) is 0 Å². The van der Waals surface area contributed by atoms with Crippen LogP contribution in [-0.4, -0.2) is 22.8 Å². The van der Waals surface area contributed by atoms with Crippen LogP contribution >= 0.6 is 15.9 Å². The van der Waals surface area contributed by atoms with Gasteiger partial charge in [-0.05, 0) is 19.1 Å². The van der Waals surface area contributed by atoms with Gasteiger partial charge in [0.2, 0.25) is 5.91 Å². The Bertz CT molecular complexity index is 287. The van der Waals surface area contributed by atoms with Crippen molar-refractivity contribution >= 4 is 27.7 Å². The van der Waals surface area contributed by atoms with Crippen molar-refractivity contribution in [2.45, 2.75) is 11.8 Å². The highest BCUT2D eigenvalue weighted by atomic mass is 79.9. The second-order valence-corrected chi connectivity index (χ2v) is 4.07. The normalized spacial score (nSPS) is 12.2. The van der Waals surface area contributed by atoms with Gasteiger partial charge >= 0.3 is 0 Å². The zero-order valence-electron chi connectivity index (χ0n) is 7.57. The highest BCUT2D eigenvalue weighted by Crippen LogP contribution is 2.10. The van der Waals surface area contributed by atoms with E-state index in [1.54, 1.807) is 26.2 Å². The molecule has 3 nitrogen and oxygen atoms in total. The number of halogens is 1. The van der Waals surface area contributed by atoms with E-state index >= 15 is 0 Å². The first-order valence-electron chi connectivity index (χ1n) is 3.95. The van der Waals surface area contributed by atoms with Crippen molar-refractivity contribution in [3.8, 4) is 0 Å². The highest BCUT2D eigenvalue weighted by molar-refractivity contribution is 9.10. The van der Waals surface area contributed by atoms with Crippen molar-refractivity contribution in [2.75, 3.05) is 11.9 Å². The van der Waals surface area contributed by atoms with Gasteiger partial charge in [0.05, 0.1) is 4.83 Å². The molecule has 0 spiro atoms. The molecule has 1 rings (SSSR count).